The van der Waals surface area contributed by atoms with E-state index in [4.69, 9.17) is 5.73 Å². The number of imide groups is 1. The molecule has 1 aromatic carbocycles. The van der Waals surface area contributed by atoms with Crippen LogP contribution in [0.5, 0.6) is 0 Å². The largest absolute Gasteiger partial charge is 0.331 e. The molecule has 0 bridgehead atoms. The van der Waals surface area contributed by atoms with E-state index in [9.17, 15) is 9.59 Å². The van der Waals surface area contributed by atoms with E-state index in [0.29, 0.717) is 13.1 Å². The molecular formula is C19H29N3O2. The molecule has 5 heteroatoms. The van der Waals surface area contributed by atoms with Gasteiger partial charge in [0.15, 0.2) is 0 Å². The van der Waals surface area contributed by atoms with Crippen LogP contribution in [0, 0.1) is 5.41 Å². The number of nitrogens with two attached hydrogens (primary N) is 1. The summed E-state index contributed by atoms with van der Waals surface area (Å²) in [6.45, 7) is 7.13. The molecule has 1 atom stereocenters. The van der Waals surface area contributed by atoms with Crippen molar-refractivity contribution in [3.63, 3.8) is 0 Å². The van der Waals surface area contributed by atoms with Crippen molar-refractivity contribution in [1.29, 1.82) is 0 Å². The van der Waals surface area contributed by atoms with Gasteiger partial charge in [0.05, 0.1) is 11.5 Å². The van der Waals surface area contributed by atoms with E-state index in [1.54, 1.807) is 0 Å². The van der Waals surface area contributed by atoms with Gasteiger partial charge in [-0.15, -0.1) is 0 Å². The first-order valence-corrected chi connectivity index (χ1v) is 8.92. The van der Waals surface area contributed by atoms with Gasteiger partial charge in [-0.25, -0.2) is 4.79 Å². The number of benzene rings is 1. The molecule has 132 valence electrons. The maximum absolute atomic E-state index is 12.5. The van der Waals surface area contributed by atoms with Gasteiger partial charge in [0.2, 0.25) is 5.91 Å². The molecular weight excluding hydrogens is 302 g/mol. The molecule has 0 aromatic heterocycles. The third-order valence-electron chi connectivity index (χ3n) is 5.25. The Morgan fingerprint density at radius 3 is 2.33 bits per heavy atom. The topological polar surface area (TPSA) is 75.4 Å². The van der Waals surface area contributed by atoms with Crippen molar-refractivity contribution in [2.45, 2.75) is 59.0 Å². The lowest BCUT2D eigenvalue weighted by Gasteiger charge is -2.47. The second-order valence-corrected chi connectivity index (χ2v) is 6.62. The zero-order valence-electron chi connectivity index (χ0n) is 15.0. The smallest absolute Gasteiger partial charge is 0.324 e. The molecule has 0 spiro atoms. The first-order chi connectivity index (χ1) is 11.5. The first kappa shape index (κ1) is 18.5. The fourth-order valence-electron chi connectivity index (χ4n) is 3.30. The van der Waals surface area contributed by atoms with Gasteiger partial charge in [0.25, 0.3) is 0 Å². The quantitative estimate of drug-likeness (QED) is 0.752. The highest BCUT2D eigenvalue weighted by Crippen LogP contribution is 2.38. The van der Waals surface area contributed by atoms with Crippen LogP contribution in [0.3, 0.4) is 0 Å². The van der Waals surface area contributed by atoms with Crippen LogP contribution in [0.4, 0.5) is 4.79 Å². The molecule has 1 aromatic rings. The summed E-state index contributed by atoms with van der Waals surface area (Å²) in [6.07, 6.45) is 3.35. The molecule has 0 saturated carbocycles. The molecule has 1 fully saturated rings. The number of carbonyl (C=O) groups is 2. The summed E-state index contributed by atoms with van der Waals surface area (Å²) in [4.78, 5) is 26.3. The van der Waals surface area contributed by atoms with E-state index in [1.807, 2.05) is 38.1 Å². The van der Waals surface area contributed by atoms with Crippen molar-refractivity contribution < 1.29 is 9.59 Å². The van der Waals surface area contributed by atoms with E-state index in [-0.39, 0.29) is 23.4 Å². The van der Waals surface area contributed by atoms with Crippen molar-refractivity contribution >= 4 is 11.9 Å². The highest BCUT2D eigenvalue weighted by molar-refractivity contribution is 6.02. The fraction of sp³-hybridized carbons (Fsp3) is 0.579. The average molecular weight is 331 g/mol. The van der Waals surface area contributed by atoms with E-state index < -0.39 is 0 Å². The van der Waals surface area contributed by atoms with Crippen LogP contribution in [0.25, 0.3) is 0 Å². The number of nitrogens with one attached hydrogen (secondary N) is 1. The summed E-state index contributed by atoms with van der Waals surface area (Å²) >= 11 is 0. The number of β-lactam (4-membered cyclic amide) rings is 1. The van der Waals surface area contributed by atoms with Gasteiger partial charge in [-0.3, -0.25) is 9.69 Å². The number of carbonyl (C=O) groups excluding carboxylic acids is 2. The molecule has 1 unspecified atom stereocenters. The summed E-state index contributed by atoms with van der Waals surface area (Å²) in [5, 5.41) is 3.02. The van der Waals surface area contributed by atoms with E-state index >= 15 is 0 Å². The molecule has 1 aliphatic rings. The standard InChI is InChI=1S/C19H29N3O2/c1-4-7-16(15-10-8-14(12-20)9-11-15)21-18(24)22-13-19(5-2,6-3)17(22)23/h8-11,16H,4-7,12-13,20H2,1-3H3,(H,21,24). The Balaban J connectivity index is 2.05. The SMILES string of the molecule is CCCC(NC(=O)N1CC(CC)(CC)C1=O)c1ccc(CN)cc1. The highest BCUT2D eigenvalue weighted by atomic mass is 16.2. The molecule has 5 nitrogen and oxygen atoms in total. The van der Waals surface area contributed by atoms with Gasteiger partial charge in [0, 0.05) is 13.1 Å². The predicted octanol–water partition coefficient (Wildman–Crippen LogP) is 3.34. The third-order valence-corrected chi connectivity index (χ3v) is 5.25. The second-order valence-electron chi connectivity index (χ2n) is 6.62. The van der Waals surface area contributed by atoms with Crippen molar-refractivity contribution in [1.82, 2.24) is 10.2 Å². The Morgan fingerprint density at radius 1 is 1.25 bits per heavy atom. The molecule has 2 rings (SSSR count). The Labute approximate surface area is 144 Å². The molecule has 3 N–H and O–H groups in total. The Kier molecular flexibility index (Phi) is 5.99. The van der Waals surface area contributed by atoms with Gasteiger partial charge < -0.3 is 11.1 Å². The van der Waals surface area contributed by atoms with Gasteiger partial charge in [-0.05, 0) is 30.4 Å². The Morgan fingerprint density at radius 2 is 1.88 bits per heavy atom. The molecule has 0 aliphatic carbocycles. The number of amides is 3. The van der Waals surface area contributed by atoms with Gasteiger partial charge in [0.1, 0.15) is 0 Å². The molecule has 3 amide bonds. The summed E-state index contributed by atoms with van der Waals surface area (Å²) in [5.74, 6) is -0.0428. The number of rotatable bonds is 7. The van der Waals surface area contributed by atoms with Crippen molar-refractivity contribution in [2.75, 3.05) is 6.54 Å². The lowest BCUT2D eigenvalue weighted by atomic mass is 9.74. The van der Waals surface area contributed by atoms with Crippen LogP contribution in [-0.2, 0) is 11.3 Å². The molecule has 1 aliphatic heterocycles. The third kappa shape index (κ3) is 3.46. The summed E-state index contributed by atoms with van der Waals surface area (Å²) in [5.41, 5.74) is 7.41. The molecule has 0 radical (unpaired) electrons. The minimum Gasteiger partial charge on any atom is -0.331 e. The maximum Gasteiger partial charge on any atom is 0.324 e. The number of nitrogens with zero attached hydrogens (tertiary/aromatic N) is 1. The minimum absolute atomic E-state index is 0.0428. The fourth-order valence-corrected chi connectivity index (χ4v) is 3.30. The Bertz CT molecular complexity index is 579. The highest BCUT2D eigenvalue weighted by Gasteiger charge is 2.52. The van der Waals surface area contributed by atoms with Crippen LogP contribution >= 0.6 is 0 Å². The average Bonchev–Trinajstić information content (AvgIpc) is 2.61. The predicted molar refractivity (Wildman–Crippen MR) is 95.2 cm³/mol. The maximum atomic E-state index is 12.5. The Hall–Kier alpha value is -1.88. The van der Waals surface area contributed by atoms with Gasteiger partial charge >= 0.3 is 6.03 Å². The van der Waals surface area contributed by atoms with E-state index in [1.165, 1.54) is 4.90 Å². The van der Waals surface area contributed by atoms with Crippen molar-refractivity contribution in [2.24, 2.45) is 11.1 Å². The van der Waals surface area contributed by atoms with E-state index in [0.717, 1.165) is 36.8 Å². The van der Waals surface area contributed by atoms with Crippen molar-refractivity contribution in [3.8, 4) is 0 Å². The van der Waals surface area contributed by atoms with Crippen LogP contribution in [0.15, 0.2) is 24.3 Å². The van der Waals surface area contributed by atoms with Gasteiger partial charge in [-0.1, -0.05) is 51.5 Å². The number of urea groups is 1. The van der Waals surface area contributed by atoms with Gasteiger partial charge in [-0.2, -0.15) is 0 Å². The monoisotopic (exact) mass is 331 g/mol. The normalized spacial score (nSPS) is 17.3. The summed E-state index contributed by atoms with van der Waals surface area (Å²) in [7, 11) is 0. The number of hydrogen-bond acceptors (Lipinski definition) is 3. The molecule has 1 saturated heterocycles. The van der Waals surface area contributed by atoms with Crippen LogP contribution < -0.4 is 11.1 Å². The molecule has 1 heterocycles. The molecule has 24 heavy (non-hydrogen) atoms. The number of hydrogen-bond donors (Lipinski definition) is 2. The second kappa shape index (κ2) is 7.79. The zero-order valence-corrected chi connectivity index (χ0v) is 15.0. The van der Waals surface area contributed by atoms with Crippen LogP contribution in [0.1, 0.15) is 63.6 Å². The van der Waals surface area contributed by atoms with Crippen LogP contribution in [0.2, 0.25) is 0 Å². The minimum atomic E-state index is -0.333. The first-order valence-electron chi connectivity index (χ1n) is 8.92. The zero-order chi connectivity index (χ0) is 17.7. The van der Waals surface area contributed by atoms with Crippen molar-refractivity contribution in [3.05, 3.63) is 35.4 Å². The lowest BCUT2D eigenvalue weighted by Crippen LogP contribution is -2.65. The summed E-state index contributed by atoms with van der Waals surface area (Å²) in [6, 6.07) is 7.61. The number of likely N-dealkylation sites (tertiary alicyclic amines) is 1. The van der Waals surface area contributed by atoms with E-state index in [2.05, 4.69) is 12.2 Å². The van der Waals surface area contributed by atoms with Crippen LogP contribution in [-0.4, -0.2) is 23.4 Å². The lowest BCUT2D eigenvalue weighted by molar-refractivity contribution is -0.155. The summed E-state index contributed by atoms with van der Waals surface area (Å²) < 4.78 is 0.